The van der Waals surface area contributed by atoms with Gasteiger partial charge in [-0.25, -0.2) is 0 Å². The highest BCUT2D eigenvalue weighted by Crippen LogP contribution is 2.11. The lowest BCUT2D eigenvalue weighted by atomic mass is 10.2. The van der Waals surface area contributed by atoms with E-state index >= 15 is 0 Å². The summed E-state index contributed by atoms with van der Waals surface area (Å²) < 4.78 is 0. The highest BCUT2D eigenvalue weighted by atomic mass is 32.1. The first-order valence-corrected chi connectivity index (χ1v) is 4.98. The van der Waals surface area contributed by atoms with Crippen LogP contribution in [0.15, 0.2) is 36.5 Å². The number of pyridine rings is 1. The van der Waals surface area contributed by atoms with Crippen molar-refractivity contribution < 1.29 is 0 Å². The first kappa shape index (κ1) is 9.11. The zero-order valence-corrected chi connectivity index (χ0v) is 8.46. The summed E-state index contributed by atoms with van der Waals surface area (Å²) in [4.78, 5) is 4.31. The van der Waals surface area contributed by atoms with Gasteiger partial charge in [0.2, 0.25) is 0 Å². The summed E-state index contributed by atoms with van der Waals surface area (Å²) in [6.07, 6.45) is 1.79. The summed E-state index contributed by atoms with van der Waals surface area (Å²) >= 11 is 4.03. The Morgan fingerprint density at radius 3 is 3.00 bits per heavy atom. The lowest BCUT2D eigenvalue weighted by Crippen LogP contribution is -1.81. The molecule has 0 bridgehead atoms. The fourth-order valence-corrected chi connectivity index (χ4v) is 1.36. The van der Waals surface area contributed by atoms with Crippen molar-refractivity contribution in [3.05, 3.63) is 42.1 Å². The summed E-state index contributed by atoms with van der Waals surface area (Å²) in [6.45, 7) is 0. The molecule has 0 aliphatic heterocycles. The van der Waals surface area contributed by atoms with Gasteiger partial charge in [-0.2, -0.15) is 12.6 Å². The van der Waals surface area contributed by atoms with Crippen LogP contribution in [0.2, 0.25) is 0 Å². The molecule has 1 nitrogen and oxygen atoms in total. The van der Waals surface area contributed by atoms with Crippen molar-refractivity contribution in [3.8, 4) is 11.8 Å². The molecule has 14 heavy (non-hydrogen) atoms. The summed E-state index contributed by atoms with van der Waals surface area (Å²) in [7, 11) is 0. The number of hydrogen-bond donors (Lipinski definition) is 1. The highest BCUT2D eigenvalue weighted by molar-refractivity contribution is 7.80. The highest BCUT2D eigenvalue weighted by Gasteiger charge is 1.93. The molecule has 0 aliphatic rings. The largest absolute Gasteiger partial charge is 0.255 e. The zero-order chi connectivity index (χ0) is 9.80. The average Bonchev–Trinajstić information content (AvgIpc) is 2.26. The molecule has 0 radical (unpaired) electrons. The van der Waals surface area contributed by atoms with Crippen molar-refractivity contribution in [3.63, 3.8) is 0 Å². The van der Waals surface area contributed by atoms with Gasteiger partial charge >= 0.3 is 0 Å². The molecule has 0 atom stereocenters. The molecule has 0 aliphatic carbocycles. The fourth-order valence-electron chi connectivity index (χ4n) is 1.28. The van der Waals surface area contributed by atoms with E-state index in [2.05, 4.69) is 29.5 Å². The fraction of sp³-hybridized carbons (Fsp3) is 0.0833. The van der Waals surface area contributed by atoms with Crippen molar-refractivity contribution in [2.75, 3.05) is 5.75 Å². The molecule has 1 heterocycles. The number of nitrogens with zero attached hydrogens (tertiary/aromatic N) is 1. The van der Waals surface area contributed by atoms with Crippen molar-refractivity contribution in [1.29, 1.82) is 0 Å². The molecule has 2 rings (SSSR count). The monoisotopic (exact) mass is 199 g/mol. The minimum Gasteiger partial charge on any atom is -0.255 e. The topological polar surface area (TPSA) is 12.9 Å². The molecule has 0 spiro atoms. The van der Waals surface area contributed by atoms with Gasteiger partial charge in [-0.15, -0.1) is 0 Å². The summed E-state index contributed by atoms with van der Waals surface area (Å²) in [5.41, 5.74) is 1.95. The lowest BCUT2D eigenvalue weighted by Gasteiger charge is -1.95. The molecule has 68 valence electrons. The number of fused-ring (bicyclic) bond motifs is 1. The third-order valence-corrected chi connectivity index (χ3v) is 2.06. The second kappa shape index (κ2) is 4.17. The maximum Gasteiger partial charge on any atom is 0.0702 e. The van der Waals surface area contributed by atoms with E-state index in [4.69, 9.17) is 0 Å². The molecule has 2 aromatic rings. The molecule has 0 fully saturated rings. The predicted molar refractivity (Wildman–Crippen MR) is 62.5 cm³/mol. The second-order valence-electron chi connectivity index (χ2n) is 2.88. The van der Waals surface area contributed by atoms with Crippen LogP contribution in [0.5, 0.6) is 0 Å². The Kier molecular flexibility index (Phi) is 2.71. The first-order chi connectivity index (χ1) is 6.90. The summed E-state index contributed by atoms with van der Waals surface area (Å²) in [5.74, 6) is 6.48. The molecule has 0 saturated heterocycles. The van der Waals surface area contributed by atoms with Crippen molar-refractivity contribution >= 4 is 23.5 Å². The Balaban J connectivity index is 2.51. The van der Waals surface area contributed by atoms with Gasteiger partial charge in [0, 0.05) is 17.1 Å². The van der Waals surface area contributed by atoms with Crippen LogP contribution in [0.1, 0.15) is 5.56 Å². The molecule has 0 unspecified atom stereocenters. The molecule has 0 N–H and O–H groups in total. The molecule has 0 amide bonds. The van der Waals surface area contributed by atoms with E-state index in [1.54, 1.807) is 6.20 Å². The number of benzene rings is 1. The Morgan fingerprint density at radius 2 is 2.14 bits per heavy atom. The summed E-state index contributed by atoms with van der Waals surface area (Å²) in [6, 6.07) is 10.0. The van der Waals surface area contributed by atoms with E-state index in [0.29, 0.717) is 5.75 Å². The van der Waals surface area contributed by atoms with Crippen molar-refractivity contribution in [2.45, 2.75) is 0 Å². The maximum absolute atomic E-state index is 4.31. The van der Waals surface area contributed by atoms with Gasteiger partial charge in [-0.05, 0) is 12.1 Å². The van der Waals surface area contributed by atoms with Gasteiger partial charge in [0.1, 0.15) is 0 Å². The predicted octanol–water partition coefficient (Wildman–Crippen LogP) is 2.52. The molecule has 1 aromatic heterocycles. The van der Waals surface area contributed by atoms with E-state index < -0.39 is 0 Å². The number of rotatable bonds is 0. The molecular weight excluding hydrogens is 190 g/mol. The van der Waals surface area contributed by atoms with Crippen LogP contribution in [-0.4, -0.2) is 10.7 Å². The van der Waals surface area contributed by atoms with Gasteiger partial charge < -0.3 is 0 Å². The molecular formula is C12H9NS. The third kappa shape index (κ3) is 1.89. The van der Waals surface area contributed by atoms with Gasteiger partial charge in [0.15, 0.2) is 0 Å². The number of thiol groups is 1. The standard InChI is InChI=1S/C12H9NS/c14-7-3-4-10-8-11-5-1-2-6-12(11)13-9-10/h1-2,5-6,8-9,14H,7H2. The number of aromatic nitrogens is 1. The van der Waals surface area contributed by atoms with Crippen LogP contribution in [0.25, 0.3) is 10.9 Å². The SMILES string of the molecule is SCC#Cc1cnc2ccccc2c1. The van der Waals surface area contributed by atoms with Gasteiger partial charge in [-0.3, -0.25) is 4.98 Å². The van der Waals surface area contributed by atoms with Crippen LogP contribution in [0.3, 0.4) is 0 Å². The normalized spacial score (nSPS) is 9.50. The van der Waals surface area contributed by atoms with Gasteiger partial charge in [0.25, 0.3) is 0 Å². The maximum atomic E-state index is 4.31. The smallest absolute Gasteiger partial charge is 0.0702 e. The van der Waals surface area contributed by atoms with Crippen LogP contribution in [0, 0.1) is 11.8 Å². The van der Waals surface area contributed by atoms with Crippen molar-refractivity contribution in [1.82, 2.24) is 4.98 Å². The van der Waals surface area contributed by atoms with Gasteiger partial charge in [0.05, 0.1) is 11.3 Å². The minimum absolute atomic E-state index is 0.576. The summed E-state index contributed by atoms with van der Waals surface area (Å²) in [5, 5.41) is 1.12. The molecule has 1 aromatic carbocycles. The van der Waals surface area contributed by atoms with E-state index in [-0.39, 0.29) is 0 Å². The van der Waals surface area contributed by atoms with E-state index in [9.17, 15) is 0 Å². The van der Waals surface area contributed by atoms with Crippen LogP contribution in [-0.2, 0) is 0 Å². The Hall–Kier alpha value is -1.46. The van der Waals surface area contributed by atoms with Gasteiger partial charge in [-0.1, -0.05) is 30.0 Å². The zero-order valence-electron chi connectivity index (χ0n) is 7.57. The minimum atomic E-state index is 0.576. The van der Waals surface area contributed by atoms with Crippen LogP contribution < -0.4 is 0 Å². The van der Waals surface area contributed by atoms with E-state index in [0.717, 1.165) is 16.5 Å². The molecule has 0 saturated carbocycles. The van der Waals surface area contributed by atoms with Crippen molar-refractivity contribution in [2.24, 2.45) is 0 Å². The third-order valence-electron chi connectivity index (χ3n) is 1.90. The van der Waals surface area contributed by atoms with E-state index in [1.165, 1.54) is 0 Å². The Morgan fingerprint density at radius 1 is 1.29 bits per heavy atom. The Bertz CT molecular complexity index is 508. The number of hydrogen-bond acceptors (Lipinski definition) is 2. The lowest BCUT2D eigenvalue weighted by molar-refractivity contribution is 1.39. The average molecular weight is 199 g/mol. The van der Waals surface area contributed by atoms with E-state index in [1.807, 2.05) is 30.3 Å². The van der Waals surface area contributed by atoms with Crippen LogP contribution >= 0.6 is 12.6 Å². The quantitative estimate of drug-likeness (QED) is 0.508. The second-order valence-corrected chi connectivity index (χ2v) is 3.19. The first-order valence-electron chi connectivity index (χ1n) is 4.34. The Labute approximate surface area is 88.6 Å². The molecule has 2 heteroatoms. The van der Waals surface area contributed by atoms with Crippen LogP contribution in [0.4, 0.5) is 0 Å². The number of para-hydroxylation sites is 1.